The standard InChI is InChI=1S/C14H19NO4S/c1-3-19-12(2)11-15-20(17,18)14-9-5-4-7-13(14)8-6-10-16/h4-5,7,9,12,15-16H,3,10-11H2,1-2H3. The van der Waals surface area contributed by atoms with E-state index in [0.717, 1.165) is 0 Å². The minimum Gasteiger partial charge on any atom is -0.384 e. The second kappa shape index (κ2) is 8.02. The van der Waals surface area contributed by atoms with Crippen molar-refractivity contribution in [3.05, 3.63) is 29.8 Å². The zero-order valence-electron chi connectivity index (χ0n) is 11.6. The van der Waals surface area contributed by atoms with Crippen molar-refractivity contribution in [2.75, 3.05) is 19.8 Å². The van der Waals surface area contributed by atoms with E-state index in [1.165, 1.54) is 6.07 Å². The summed E-state index contributed by atoms with van der Waals surface area (Å²) < 4.78 is 32.2. The van der Waals surface area contributed by atoms with Crippen LogP contribution in [0, 0.1) is 11.8 Å². The first kappa shape index (κ1) is 16.7. The van der Waals surface area contributed by atoms with Crippen LogP contribution in [0.1, 0.15) is 19.4 Å². The molecule has 1 aromatic carbocycles. The maximum atomic E-state index is 12.2. The van der Waals surface area contributed by atoms with E-state index < -0.39 is 10.0 Å². The van der Waals surface area contributed by atoms with Crippen LogP contribution in [0.5, 0.6) is 0 Å². The molecule has 20 heavy (non-hydrogen) atoms. The maximum Gasteiger partial charge on any atom is 0.241 e. The Bertz CT molecular complexity index is 587. The van der Waals surface area contributed by atoms with Gasteiger partial charge >= 0.3 is 0 Å². The van der Waals surface area contributed by atoms with E-state index in [2.05, 4.69) is 16.6 Å². The molecule has 0 saturated carbocycles. The van der Waals surface area contributed by atoms with Crippen molar-refractivity contribution in [2.45, 2.75) is 24.8 Å². The van der Waals surface area contributed by atoms with Crippen molar-refractivity contribution in [3.63, 3.8) is 0 Å². The first-order chi connectivity index (χ1) is 9.51. The molecule has 0 aromatic heterocycles. The van der Waals surface area contributed by atoms with E-state index in [4.69, 9.17) is 9.84 Å². The van der Waals surface area contributed by atoms with E-state index in [1.54, 1.807) is 25.1 Å². The molecule has 1 rings (SSSR count). The first-order valence-electron chi connectivity index (χ1n) is 6.31. The molecule has 2 N–H and O–H groups in total. The Morgan fingerprint density at radius 3 is 2.75 bits per heavy atom. The molecular weight excluding hydrogens is 278 g/mol. The third-order valence-electron chi connectivity index (χ3n) is 2.49. The molecule has 0 fully saturated rings. The second-order valence-corrected chi connectivity index (χ2v) is 5.81. The molecule has 6 heteroatoms. The van der Waals surface area contributed by atoms with Crippen LogP contribution >= 0.6 is 0 Å². The third-order valence-corrected chi connectivity index (χ3v) is 3.97. The largest absolute Gasteiger partial charge is 0.384 e. The Morgan fingerprint density at radius 1 is 1.40 bits per heavy atom. The van der Waals surface area contributed by atoms with Gasteiger partial charge in [-0.25, -0.2) is 13.1 Å². The molecule has 0 aliphatic carbocycles. The maximum absolute atomic E-state index is 12.2. The van der Waals surface area contributed by atoms with E-state index in [-0.39, 0.29) is 24.2 Å². The summed E-state index contributed by atoms with van der Waals surface area (Å²) in [4.78, 5) is 0.102. The molecule has 0 saturated heterocycles. The molecule has 1 aromatic rings. The highest BCUT2D eigenvalue weighted by Gasteiger charge is 2.18. The van der Waals surface area contributed by atoms with Crippen molar-refractivity contribution in [3.8, 4) is 11.8 Å². The van der Waals surface area contributed by atoms with Crippen LogP contribution in [0.2, 0.25) is 0 Å². The van der Waals surface area contributed by atoms with Gasteiger partial charge in [0.25, 0.3) is 0 Å². The highest BCUT2D eigenvalue weighted by atomic mass is 32.2. The Hall–Kier alpha value is -1.39. The van der Waals surface area contributed by atoms with E-state index in [0.29, 0.717) is 12.2 Å². The van der Waals surface area contributed by atoms with Gasteiger partial charge in [0, 0.05) is 18.7 Å². The lowest BCUT2D eigenvalue weighted by molar-refractivity contribution is 0.0799. The van der Waals surface area contributed by atoms with Gasteiger partial charge in [-0.1, -0.05) is 24.0 Å². The van der Waals surface area contributed by atoms with E-state index in [9.17, 15) is 8.42 Å². The van der Waals surface area contributed by atoms with Crippen LogP contribution in [0.25, 0.3) is 0 Å². The second-order valence-electron chi connectivity index (χ2n) is 4.07. The summed E-state index contributed by atoms with van der Waals surface area (Å²) in [6.45, 7) is 4.05. The van der Waals surface area contributed by atoms with Gasteiger partial charge < -0.3 is 9.84 Å². The van der Waals surface area contributed by atoms with Crippen LogP contribution in [0.4, 0.5) is 0 Å². The number of aliphatic hydroxyl groups excluding tert-OH is 1. The Kier molecular flexibility index (Phi) is 6.68. The molecule has 0 spiro atoms. The van der Waals surface area contributed by atoms with Gasteiger partial charge in [0.2, 0.25) is 10.0 Å². The Balaban J connectivity index is 2.92. The van der Waals surface area contributed by atoms with Crippen LogP contribution in [0.3, 0.4) is 0 Å². The number of benzene rings is 1. The average molecular weight is 297 g/mol. The summed E-state index contributed by atoms with van der Waals surface area (Å²) >= 11 is 0. The normalized spacial score (nSPS) is 12.6. The zero-order chi connectivity index (χ0) is 15.0. The Labute approximate surface area is 120 Å². The number of hydrogen-bond acceptors (Lipinski definition) is 4. The first-order valence-corrected chi connectivity index (χ1v) is 7.79. The predicted molar refractivity (Wildman–Crippen MR) is 76.7 cm³/mol. The monoisotopic (exact) mass is 297 g/mol. The SMILES string of the molecule is CCOC(C)CNS(=O)(=O)c1ccccc1C#CCO. The fourth-order valence-corrected chi connectivity index (χ4v) is 2.86. The van der Waals surface area contributed by atoms with Crippen LogP contribution in [0.15, 0.2) is 29.2 Å². The highest BCUT2D eigenvalue weighted by molar-refractivity contribution is 7.89. The number of sulfonamides is 1. The fraction of sp³-hybridized carbons (Fsp3) is 0.429. The molecule has 110 valence electrons. The van der Waals surface area contributed by atoms with Crippen molar-refractivity contribution >= 4 is 10.0 Å². The molecule has 0 radical (unpaired) electrons. The quantitative estimate of drug-likeness (QED) is 0.759. The number of rotatable bonds is 6. The predicted octanol–water partition coefficient (Wildman–Crippen LogP) is 0.734. The van der Waals surface area contributed by atoms with Gasteiger partial charge in [0.1, 0.15) is 6.61 Å². The molecule has 1 unspecified atom stereocenters. The molecular formula is C14H19NO4S. The molecule has 5 nitrogen and oxygen atoms in total. The van der Waals surface area contributed by atoms with Crippen molar-refractivity contribution in [2.24, 2.45) is 0 Å². The molecule has 0 bridgehead atoms. The fourth-order valence-electron chi connectivity index (χ4n) is 1.59. The van der Waals surface area contributed by atoms with Crippen molar-refractivity contribution < 1.29 is 18.3 Å². The lowest BCUT2D eigenvalue weighted by atomic mass is 10.2. The summed E-state index contributed by atoms with van der Waals surface area (Å²) in [6, 6.07) is 6.41. The number of hydrogen-bond donors (Lipinski definition) is 2. The average Bonchev–Trinajstić information content (AvgIpc) is 2.44. The lowest BCUT2D eigenvalue weighted by Gasteiger charge is -2.13. The van der Waals surface area contributed by atoms with Crippen molar-refractivity contribution in [1.82, 2.24) is 4.72 Å². The van der Waals surface area contributed by atoms with Crippen molar-refractivity contribution in [1.29, 1.82) is 0 Å². The summed E-state index contributed by atoms with van der Waals surface area (Å²) in [5.74, 6) is 5.08. The summed E-state index contributed by atoms with van der Waals surface area (Å²) in [5.41, 5.74) is 0.359. The lowest BCUT2D eigenvalue weighted by Crippen LogP contribution is -2.32. The Morgan fingerprint density at radius 2 is 2.10 bits per heavy atom. The summed E-state index contributed by atoms with van der Waals surface area (Å²) in [6.07, 6.45) is -0.203. The number of aliphatic hydroxyl groups is 1. The van der Waals surface area contributed by atoms with Gasteiger partial charge in [0.15, 0.2) is 0 Å². The van der Waals surface area contributed by atoms with Gasteiger partial charge in [-0.2, -0.15) is 0 Å². The minimum absolute atomic E-state index is 0.102. The molecule has 0 aliphatic rings. The highest BCUT2D eigenvalue weighted by Crippen LogP contribution is 2.14. The minimum atomic E-state index is -3.65. The van der Waals surface area contributed by atoms with E-state index >= 15 is 0 Å². The van der Waals surface area contributed by atoms with E-state index in [1.807, 2.05) is 6.92 Å². The van der Waals surface area contributed by atoms with Gasteiger partial charge in [-0.15, -0.1) is 0 Å². The molecule has 0 heterocycles. The zero-order valence-corrected chi connectivity index (χ0v) is 12.4. The van der Waals surface area contributed by atoms with Crippen LogP contribution in [-0.2, 0) is 14.8 Å². The van der Waals surface area contributed by atoms with Crippen LogP contribution < -0.4 is 4.72 Å². The molecule has 1 atom stereocenters. The van der Waals surface area contributed by atoms with Crippen LogP contribution in [-0.4, -0.2) is 39.4 Å². The topological polar surface area (TPSA) is 75.6 Å². The van der Waals surface area contributed by atoms with Gasteiger partial charge in [0.05, 0.1) is 11.0 Å². The molecule has 0 amide bonds. The van der Waals surface area contributed by atoms with Gasteiger partial charge in [-0.05, 0) is 26.0 Å². The summed E-state index contributed by atoms with van der Waals surface area (Å²) in [7, 11) is -3.65. The third kappa shape index (κ3) is 4.94. The number of nitrogens with one attached hydrogen (secondary N) is 1. The molecule has 0 aliphatic heterocycles. The van der Waals surface area contributed by atoms with Gasteiger partial charge in [-0.3, -0.25) is 0 Å². The summed E-state index contributed by atoms with van der Waals surface area (Å²) in [5, 5.41) is 8.70. The number of ether oxygens (including phenoxy) is 1. The smallest absolute Gasteiger partial charge is 0.241 e.